The fourth-order valence-corrected chi connectivity index (χ4v) is 9.55. The molecule has 5 aliphatic rings. The fourth-order valence-electron chi connectivity index (χ4n) is 8.16. The van der Waals surface area contributed by atoms with E-state index in [0.717, 1.165) is 58.5 Å². The summed E-state index contributed by atoms with van der Waals surface area (Å²) in [7, 11) is -1.75. The van der Waals surface area contributed by atoms with Crippen molar-refractivity contribution in [2.45, 2.75) is 109 Å². The summed E-state index contributed by atoms with van der Waals surface area (Å²) in [5.74, 6) is 1.16. The summed E-state index contributed by atoms with van der Waals surface area (Å²) in [6.45, 7) is 21.1. The molecule has 6 atom stereocenters. The molecule has 1 aliphatic heterocycles. The molecule has 198 valence electrons. The van der Waals surface area contributed by atoms with Crippen LogP contribution in [0, 0.1) is 22.7 Å². The molecule has 5 rings (SSSR count). The van der Waals surface area contributed by atoms with Crippen LogP contribution in [0.4, 0.5) is 0 Å². The van der Waals surface area contributed by atoms with Gasteiger partial charge in [-0.05, 0) is 80.3 Å². The van der Waals surface area contributed by atoms with Crippen LogP contribution in [0.25, 0.3) is 0 Å². The van der Waals surface area contributed by atoms with Gasteiger partial charge in [-0.2, -0.15) is 0 Å². The molecule has 0 aromatic heterocycles. The average molecular weight is 502 g/mol. The quantitative estimate of drug-likeness (QED) is 0.458. The van der Waals surface area contributed by atoms with E-state index in [9.17, 15) is 5.11 Å². The predicted octanol–water partition coefficient (Wildman–Crippen LogP) is 6.32. The normalized spacial score (nSPS) is 42.6. The first kappa shape index (κ1) is 26.2. The molecule has 0 spiro atoms. The SMILES string of the molecule is CC12CCC(O[Si](C)(C)C(C)(C)C)CC1=CC=C1C2CCC2(C)C1CCC2(O)CN1CCOCC1. The molecule has 0 radical (unpaired) electrons. The lowest BCUT2D eigenvalue weighted by Crippen LogP contribution is -2.57. The third kappa shape index (κ3) is 4.26. The Kier molecular flexibility index (Phi) is 6.57. The van der Waals surface area contributed by atoms with Crippen molar-refractivity contribution < 1.29 is 14.3 Å². The number of allylic oxidation sites excluding steroid dienone is 3. The summed E-state index contributed by atoms with van der Waals surface area (Å²) >= 11 is 0. The monoisotopic (exact) mass is 501 g/mol. The van der Waals surface area contributed by atoms with E-state index in [4.69, 9.17) is 9.16 Å². The zero-order valence-corrected chi connectivity index (χ0v) is 24.6. The second-order valence-electron chi connectivity index (χ2n) is 14.5. The van der Waals surface area contributed by atoms with E-state index in [-0.39, 0.29) is 15.9 Å². The molecule has 6 unspecified atom stereocenters. The second kappa shape index (κ2) is 8.79. The number of rotatable bonds is 4. The summed E-state index contributed by atoms with van der Waals surface area (Å²) < 4.78 is 12.5. The minimum Gasteiger partial charge on any atom is -0.414 e. The van der Waals surface area contributed by atoms with Crippen molar-refractivity contribution in [2.24, 2.45) is 22.7 Å². The van der Waals surface area contributed by atoms with E-state index in [1.807, 2.05) is 0 Å². The van der Waals surface area contributed by atoms with Gasteiger partial charge in [0.2, 0.25) is 0 Å². The van der Waals surface area contributed by atoms with Crippen molar-refractivity contribution >= 4 is 8.32 Å². The lowest BCUT2D eigenvalue weighted by Gasteiger charge is -2.57. The highest BCUT2D eigenvalue weighted by Gasteiger charge is 2.62. The van der Waals surface area contributed by atoms with E-state index in [1.165, 1.54) is 19.3 Å². The average Bonchev–Trinajstić information content (AvgIpc) is 3.04. The third-order valence-electron chi connectivity index (χ3n) is 11.7. The van der Waals surface area contributed by atoms with Gasteiger partial charge in [-0.1, -0.05) is 57.9 Å². The molecular weight excluding hydrogens is 450 g/mol. The number of ether oxygens (including phenoxy) is 1. The first-order valence-corrected chi connectivity index (χ1v) is 17.3. The molecule has 35 heavy (non-hydrogen) atoms. The molecule has 1 saturated heterocycles. The van der Waals surface area contributed by atoms with E-state index in [1.54, 1.807) is 11.1 Å². The molecule has 4 fully saturated rings. The Balaban J connectivity index is 1.35. The maximum absolute atomic E-state index is 12.1. The van der Waals surface area contributed by atoms with Gasteiger partial charge in [-0.3, -0.25) is 4.90 Å². The van der Waals surface area contributed by atoms with E-state index >= 15 is 0 Å². The van der Waals surface area contributed by atoms with Crippen LogP contribution >= 0.6 is 0 Å². The van der Waals surface area contributed by atoms with Gasteiger partial charge in [0.25, 0.3) is 0 Å². The van der Waals surface area contributed by atoms with Gasteiger partial charge in [0.05, 0.1) is 18.8 Å². The minimum atomic E-state index is -1.75. The molecule has 0 amide bonds. The molecule has 1 N–H and O–H groups in total. The van der Waals surface area contributed by atoms with Crippen LogP contribution in [0.3, 0.4) is 0 Å². The smallest absolute Gasteiger partial charge is 0.192 e. The number of hydrogen-bond donors (Lipinski definition) is 1. The molecule has 4 nitrogen and oxygen atoms in total. The standard InChI is InChI=1S/C30H51NO3Si/c1-27(2,3)35(6,7)34-23-10-13-28(4)22(20-23)8-9-24-25(28)11-14-29(5)26(24)12-15-30(29,32)21-31-16-18-33-19-17-31/h8-9,23,25-26,32H,10-21H2,1-7H3. The van der Waals surface area contributed by atoms with Crippen LogP contribution in [0.1, 0.15) is 79.6 Å². The molecular formula is C30H51NO3Si. The van der Waals surface area contributed by atoms with Crippen LogP contribution < -0.4 is 0 Å². The Morgan fingerprint density at radius 3 is 2.40 bits per heavy atom. The number of hydrogen-bond acceptors (Lipinski definition) is 4. The highest BCUT2D eigenvalue weighted by molar-refractivity contribution is 6.74. The van der Waals surface area contributed by atoms with Crippen LogP contribution in [0.2, 0.25) is 18.1 Å². The second-order valence-corrected chi connectivity index (χ2v) is 19.3. The zero-order valence-electron chi connectivity index (χ0n) is 23.6. The van der Waals surface area contributed by atoms with E-state index in [2.05, 4.69) is 64.8 Å². The maximum atomic E-state index is 12.1. The fraction of sp³-hybridized carbons (Fsp3) is 0.867. The zero-order chi connectivity index (χ0) is 25.3. The summed E-state index contributed by atoms with van der Waals surface area (Å²) in [6.07, 6.45) is 13.3. The van der Waals surface area contributed by atoms with Crippen molar-refractivity contribution in [1.82, 2.24) is 4.90 Å². The lowest BCUT2D eigenvalue weighted by molar-refractivity contribution is -0.111. The Morgan fingerprint density at radius 1 is 1.03 bits per heavy atom. The van der Waals surface area contributed by atoms with Gasteiger partial charge in [0.1, 0.15) is 0 Å². The summed E-state index contributed by atoms with van der Waals surface area (Å²) in [4.78, 5) is 2.45. The maximum Gasteiger partial charge on any atom is 0.192 e. The van der Waals surface area contributed by atoms with Crippen molar-refractivity contribution in [1.29, 1.82) is 0 Å². The van der Waals surface area contributed by atoms with Crippen molar-refractivity contribution in [3.63, 3.8) is 0 Å². The molecule has 1 heterocycles. The van der Waals surface area contributed by atoms with Gasteiger partial charge in [0, 0.05) is 31.2 Å². The Morgan fingerprint density at radius 2 is 1.71 bits per heavy atom. The molecule has 4 aliphatic carbocycles. The predicted molar refractivity (Wildman–Crippen MR) is 146 cm³/mol. The first-order valence-electron chi connectivity index (χ1n) is 14.4. The number of β-amino-alcohol motifs (C(OH)–C–C–N with tert-alkyl or cyclic N) is 1. The highest BCUT2D eigenvalue weighted by Crippen LogP contribution is 2.66. The molecule has 3 saturated carbocycles. The van der Waals surface area contributed by atoms with Crippen LogP contribution in [-0.2, 0) is 9.16 Å². The lowest BCUT2D eigenvalue weighted by atomic mass is 9.50. The molecule has 0 aromatic carbocycles. The van der Waals surface area contributed by atoms with Gasteiger partial charge >= 0.3 is 0 Å². The Hall–Kier alpha value is -0.463. The van der Waals surface area contributed by atoms with Gasteiger partial charge in [-0.15, -0.1) is 0 Å². The van der Waals surface area contributed by atoms with Crippen LogP contribution in [0.15, 0.2) is 23.3 Å². The summed E-state index contributed by atoms with van der Waals surface area (Å²) in [6, 6.07) is 0. The number of nitrogens with zero attached hydrogens (tertiary/aromatic N) is 1. The van der Waals surface area contributed by atoms with Crippen LogP contribution in [0.5, 0.6) is 0 Å². The van der Waals surface area contributed by atoms with Gasteiger partial charge in [0.15, 0.2) is 8.32 Å². The molecule has 0 aromatic rings. The summed E-state index contributed by atoms with van der Waals surface area (Å²) in [5, 5.41) is 12.3. The number of morpholine rings is 1. The summed E-state index contributed by atoms with van der Waals surface area (Å²) in [5.41, 5.74) is 2.96. The van der Waals surface area contributed by atoms with Gasteiger partial charge in [-0.25, -0.2) is 0 Å². The van der Waals surface area contributed by atoms with Crippen LogP contribution in [-0.4, -0.2) is 62.9 Å². The van der Waals surface area contributed by atoms with Gasteiger partial charge < -0.3 is 14.3 Å². The van der Waals surface area contributed by atoms with E-state index in [0.29, 0.717) is 17.9 Å². The molecule has 5 heteroatoms. The van der Waals surface area contributed by atoms with Crippen molar-refractivity contribution in [2.75, 3.05) is 32.8 Å². The largest absolute Gasteiger partial charge is 0.414 e. The number of aliphatic hydroxyl groups is 1. The van der Waals surface area contributed by atoms with Crippen molar-refractivity contribution in [3.8, 4) is 0 Å². The Bertz CT molecular complexity index is 885. The third-order valence-corrected chi connectivity index (χ3v) is 16.2. The minimum absolute atomic E-state index is 0.0159. The van der Waals surface area contributed by atoms with Crippen molar-refractivity contribution in [3.05, 3.63) is 23.3 Å². The van der Waals surface area contributed by atoms with E-state index < -0.39 is 13.9 Å². The highest BCUT2D eigenvalue weighted by atomic mass is 28.4. The Labute approximate surface area is 215 Å². The number of fused-ring (bicyclic) bond motifs is 5. The molecule has 0 bridgehead atoms. The topological polar surface area (TPSA) is 41.9 Å². The first-order chi connectivity index (χ1) is 16.3.